The SMILES string of the molecule is CCCCCOc1ccc(NC2=CC(=O)N(CCO)C2=O)cc1. The van der Waals surface area contributed by atoms with Crippen molar-refractivity contribution in [2.45, 2.75) is 26.2 Å². The Morgan fingerprint density at radius 1 is 1.17 bits per heavy atom. The number of β-amino-alcohol motifs (C(OH)–C–C–N with tert-alkyl or cyclic N) is 1. The van der Waals surface area contributed by atoms with E-state index in [9.17, 15) is 9.59 Å². The van der Waals surface area contributed by atoms with E-state index in [1.165, 1.54) is 6.08 Å². The lowest BCUT2D eigenvalue weighted by Crippen LogP contribution is -2.34. The van der Waals surface area contributed by atoms with Gasteiger partial charge in [-0.05, 0) is 30.7 Å². The second-order valence-corrected chi connectivity index (χ2v) is 5.28. The first kappa shape index (κ1) is 17.0. The van der Waals surface area contributed by atoms with Gasteiger partial charge in [-0.15, -0.1) is 0 Å². The van der Waals surface area contributed by atoms with Gasteiger partial charge in [-0.1, -0.05) is 19.8 Å². The van der Waals surface area contributed by atoms with Gasteiger partial charge in [-0.25, -0.2) is 0 Å². The molecule has 6 heteroatoms. The van der Waals surface area contributed by atoms with Crippen LogP contribution < -0.4 is 10.1 Å². The molecule has 0 aliphatic carbocycles. The molecule has 0 saturated heterocycles. The number of carbonyl (C=O) groups is 2. The van der Waals surface area contributed by atoms with Gasteiger partial charge in [0.1, 0.15) is 11.4 Å². The molecule has 2 rings (SSSR count). The zero-order valence-electron chi connectivity index (χ0n) is 13.2. The van der Waals surface area contributed by atoms with Crippen LogP contribution in [0.15, 0.2) is 36.0 Å². The predicted molar refractivity (Wildman–Crippen MR) is 87.0 cm³/mol. The van der Waals surface area contributed by atoms with Crippen molar-refractivity contribution in [1.29, 1.82) is 0 Å². The van der Waals surface area contributed by atoms with Crippen LogP contribution >= 0.6 is 0 Å². The van der Waals surface area contributed by atoms with Gasteiger partial charge in [0.25, 0.3) is 11.8 Å². The molecule has 0 radical (unpaired) electrons. The molecule has 1 aliphatic heterocycles. The van der Waals surface area contributed by atoms with Gasteiger partial charge in [0.2, 0.25) is 0 Å². The molecule has 0 aromatic heterocycles. The summed E-state index contributed by atoms with van der Waals surface area (Å²) in [5.74, 6) is -0.0669. The number of rotatable bonds is 9. The number of carbonyl (C=O) groups excluding carboxylic acids is 2. The highest BCUT2D eigenvalue weighted by atomic mass is 16.5. The zero-order chi connectivity index (χ0) is 16.7. The number of amides is 2. The van der Waals surface area contributed by atoms with Crippen LogP contribution in [0.25, 0.3) is 0 Å². The van der Waals surface area contributed by atoms with Gasteiger partial charge in [0.15, 0.2) is 0 Å². The van der Waals surface area contributed by atoms with E-state index in [-0.39, 0.29) is 18.8 Å². The third kappa shape index (κ3) is 4.56. The molecule has 0 unspecified atom stereocenters. The van der Waals surface area contributed by atoms with Crippen molar-refractivity contribution in [3.8, 4) is 5.75 Å². The van der Waals surface area contributed by atoms with Crippen molar-refractivity contribution in [1.82, 2.24) is 4.90 Å². The number of hydrogen-bond donors (Lipinski definition) is 2. The van der Waals surface area contributed by atoms with Crippen molar-refractivity contribution in [2.24, 2.45) is 0 Å². The molecule has 23 heavy (non-hydrogen) atoms. The summed E-state index contributed by atoms with van der Waals surface area (Å²) in [4.78, 5) is 24.7. The molecule has 0 spiro atoms. The first-order valence-electron chi connectivity index (χ1n) is 7.84. The minimum atomic E-state index is -0.427. The number of unbranched alkanes of at least 4 members (excludes halogenated alkanes) is 2. The largest absolute Gasteiger partial charge is 0.494 e. The molecule has 1 aliphatic rings. The minimum absolute atomic E-state index is 0.00385. The Morgan fingerprint density at radius 3 is 2.57 bits per heavy atom. The number of imide groups is 1. The lowest BCUT2D eigenvalue weighted by atomic mass is 10.2. The Morgan fingerprint density at radius 2 is 1.91 bits per heavy atom. The fourth-order valence-corrected chi connectivity index (χ4v) is 2.24. The molecule has 2 amide bonds. The van der Waals surface area contributed by atoms with Crippen molar-refractivity contribution in [3.05, 3.63) is 36.0 Å². The highest BCUT2D eigenvalue weighted by Crippen LogP contribution is 2.20. The van der Waals surface area contributed by atoms with Gasteiger partial charge in [-0.3, -0.25) is 14.5 Å². The highest BCUT2D eigenvalue weighted by Gasteiger charge is 2.30. The monoisotopic (exact) mass is 318 g/mol. The molecular formula is C17H22N2O4. The molecule has 1 aromatic carbocycles. The summed E-state index contributed by atoms with van der Waals surface area (Å²) >= 11 is 0. The van der Waals surface area contributed by atoms with E-state index >= 15 is 0 Å². The van der Waals surface area contributed by atoms with E-state index in [1.54, 1.807) is 12.1 Å². The Hall–Kier alpha value is -2.34. The van der Waals surface area contributed by atoms with Crippen LogP contribution in [-0.4, -0.2) is 41.6 Å². The van der Waals surface area contributed by atoms with Crippen LogP contribution in [0, 0.1) is 0 Å². The Bertz CT molecular complexity index is 581. The molecular weight excluding hydrogens is 296 g/mol. The van der Waals surface area contributed by atoms with Gasteiger partial charge < -0.3 is 15.2 Å². The normalized spacial score (nSPS) is 14.2. The van der Waals surface area contributed by atoms with Crippen LogP contribution in [0.2, 0.25) is 0 Å². The molecule has 2 N–H and O–H groups in total. The third-order valence-electron chi connectivity index (χ3n) is 3.48. The van der Waals surface area contributed by atoms with Crippen molar-refractivity contribution >= 4 is 17.5 Å². The smallest absolute Gasteiger partial charge is 0.277 e. The van der Waals surface area contributed by atoms with E-state index in [4.69, 9.17) is 9.84 Å². The standard InChI is InChI=1S/C17H22N2O4/c1-2-3-4-11-23-14-7-5-13(6-8-14)18-15-12-16(21)19(9-10-20)17(15)22/h5-8,12,18,20H,2-4,9-11H2,1H3. The molecule has 0 bridgehead atoms. The summed E-state index contributed by atoms with van der Waals surface area (Å²) in [7, 11) is 0. The Balaban J connectivity index is 1.90. The summed E-state index contributed by atoms with van der Waals surface area (Å²) in [5.41, 5.74) is 0.907. The molecule has 1 aromatic rings. The lowest BCUT2D eigenvalue weighted by Gasteiger charge is -2.13. The number of benzene rings is 1. The quantitative estimate of drug-likeness (QED) is 0.537. The van der Waals surface area contributed by atoms with Crippen molar-refractivity contribution in [2.75, 3.05) is 25.1 Å². The van der Waals surface area contributed by atoms with Gasteiger partial charge in [-0.2, -0.15) is 0 Å². The van der Waals surface area contributed by atoms with E-state index in [1.807, 2.05) is 12.1 Å². The predicted octanol–water partition coefficient (Wildman–Crippen LogP) is 1.91. The van der Waals surface area contributed by atoms with E-state index < -0.39 is 11.8 Å². The van der Waals surface area contributed by atoms with Crippen LogP contribution in [0.1, 0.15) is 26.2 Å². The maximum atomic E-state index is 12.0. The second-order valence-electron chi connectivity index (χ2n) is 5.28. The Kier molecular flexibility index (Phi) is 6.17. The van der Waals surface area contributed by atoms with Gasteiger partial charge in [0, 0.05) is 11.8 Å². The average Bonchev–Trinajstić information content (AvgIpc) is 2.81. The van der Waals surface area contributed by atoms with E-state index in [0.29, 0.717) is 12.3 Å². The number of aliphatic hydroxyl groups is 1. The highest BCUT2D eigenvalue weighted by molar-refractivity contribution is 6.17. The Labute approximate surface area is 135 Å². The van der Waals surface area contributed by atoms with E-state index in [0.717, 1.165) is 29.9 Å². The van der Waals surface area contributed by atoms with Gasteiger partial charge in [0.05, 0.1) is 19.8 Å². The van der Waals surface area contributed by atoms with Crippen LogP contribution in [-0.2, 0) is 9.59 Å². The number of aliphatic hydroxyl groups excluding tert-OH is 1. The average molecular weight is 318 g/mol. The van der Waals surface area contributed by atoms with Crippen molar-refractivity contribution in [3.63, 3.8) is 0 Å². The molecule has 0 atom stereocenters. The summed E-state index contributed by atoms with van der Waals surface area (Å²) in [6.45, 7) is 2.59. The first-order valence-corrected chi connectivity index (χ1v) is 7.84. The fraction of sp³-hybridized carbons (Fsp3) is 0.412. The lowest BCUT2D eigenvalue weighted by molar-refractivity contribution is -0.137. The maximum Gasteiger partial charge on any atom is 0.277 e. The third-order valence-corrected chi connectivity index (χ3v) is 3.48. The fourth-order valence-electron chi connectivity index (χ4n) is 2.24. The number of hydrogen-bond acceptors (Lipinski definition) is 5. The molecule has 0 fully saturated rings. The first-order chi connectivity index (χ1) is 11.2. The summed E-state index contributed by atoms with van der Waals surface area (Å²) in [5, 5.41) is 11.8. The van der Waals surface area contributed by atoms with Crippen LogP contribution in [0.3, 0.4) is 0 Å². The minimum Gasteiger partial charge on any atom is -0.494 e. The summed E-state index contributed by atoms with van der Waals surface area (Å²) in [6, 6.07) is 7.23. The van der Waals surface area contributed by atoms with Crippen LogP contribution in [0.4, 0.5) is 5.69 Å². The molecule has 1 heterocycles. The topological polar surface area (TPSA) is 78.9 Å². The number of ether oxygens (including phenoxy) is 1. The molecule has 124 valence electrons. The van der Waals surface area contributed by atoms with Crippen molar-refractivity contribution < 1.29 is 19.4 Å². The number of anilines is 1. The zero-order valence-corrected chi connectivity index (χ0v) is 13.2. The maximum absolute atomic E-state index is 12.0. The summed E-state index contributed by atoms with van der Waals surface area (Å²) in [6.07, 6.45) is 4.57. The number of nitrogens with zero attached hydrogens (tertiary/aromatic N) is 1. The molecule has 0 saturated carbocycles. The van der Waals surface area contributed by atoms with Crippen LogP contribution in [0.5, 0.6) is 5.75 Å². The number of nitrogens with one attached hydrogen (secondary N) is 1. The second kappa shape index (κ2) is 8.33. The summed E-state index contributed by atoms with van der Waals surface area (Å²) < 4.78 is 5.62. The van der Waals surface area contributed by atoms with Gasteiger partial charge >= 0.3 is 0 Å². The van der Waals surface area contributed by atoms with E-state index in [2.05, 4.69) is 12.2 Å². The molecule has 6 nitrogen and oxygen atoms in total.